The van der Waals surface area contributed by atoms with Crippen molar-refractivity contribution in [3.05, 3.63) is 58.1 Å². The lowest BCUT2D eigenvalue weighted by molar-refractivity contribution is 0.921. The highest BCUT2D eigenvalue weighted by molar-refractivity contribution is 6.30. The second-order valence-electron chi connectivity index (χ2n) is 5.09. The molecule has 0 aliphatic heterocycles. The molecule has 0 aliphatic rings. The number of nitrogens with two attached hydrogens (primary N) is 1. The fourth-order valence-electron chi connectivity index (χ4n) is 2.30. The highest BCUT2D eigenvalue weighted by Gasteiger charge is 2.05. The molecule has 2 aromatic carbocycles. The van der Waals surface area contributed by atoms with Gasteiger partial charge in [0.15, 0.2) is 0 Å². The Morgan fingerprint density at radius 1 is 1.00 bits per heavy atom. The van der Waals surface area contributed by atoms with Crippen LogP contribution in [0.15, 0.2) is 36.4 Å². The zero-order valence-corrected chi connectivity index (χ0v) is 12.3. The largest absolute Gasteiger partial charge is 0.399 e. The molecule has 2 rings (SSSR count). The van der Waals surface area contributed by atoms with Gasteiger partial charge in [-0.2, -0.15) is 0 Å². The van der Waals surface area contributed by atoms with Crippen LogP contribution in [0.3, 0.4) is 0 Å². The number of hydrogen-bond acceptors (Lipinski definition) is 2. The van der Waals surface area contributed by atoms with Crippen molar-refractivity contribution in [2.75, 3.05) is 17.7 Å². The summed E-state index contributed by atoms with van der Waals surface area (Å²) < 4.78 is 0. The molecule has 0 fully saturated rings. The van der Waals surface area contributed by atoms with Gasteiger partial charge in [-0.15, -0.1) is 0 Å². The van der Waals surface area contributed by atoms with E-state index in [2.05, 4.69) is 44.0 Å². The summed E-state index contributed by atoms with van der Waals surface area (Å²) in [5.41, 5.74) is 11.4. The maximum Gasteiger partial charge on any atom is 0.0429 e. The number of halogens is 1. The van der Waals surface area contributed by atoms with Gasteiger partial charge in [-0.25, -0.2) is 0 Å². The van der Waals surface area contributed by atoms with Gasteiger partial charge in [-0.3, -0.25) is 0 Å². The summed E-state index contributed by atoms with van der Waals surface area (Å²) in [6, 6.07) is 12.2. The van der Waals surface area contributed by atoms with Gasteiger partial charge in [0.2, 0.25) is 0 Å². The third-order valence-corrected chi connectivity index (χ3v) is 3.27. The molecule has 0 bridgehead atoms. The van der Waals surface area contributed by atoms with E-state index in [1.807, 2.05) is 12.1 Å². The van der Waals surface area contributed by atoms with Gasteiger partial charge in [-0.1, -0.05) is 17.7 Å². The molecule has 0 spiro atoms. The van der Waals surface area contributed by atoms with Crippen LogP contribution in [-0.4, -0.2) is 7.05 Å². The fourth-order valence-corrected chi connectivity index (χ4v) is 2.57. The number of rotatable bonds is 3. The van der Waals surface area contributed by atoms with Gasteiger partial charge in [0.05, 0.1) is 0 Å². The number of nitrogens with zero attached hydrogens (tertiary/aromatic N) is 1. The maximum atomic E-state index is 6.03. The molecule has 2 nitrogen and oxygen atoms in total. The second-order valence-corrected chi connectivity index (χ2v) is 5.53. The lowest BCUT2D eigenvalue weighted by Gasteiger charge is -2.21. The fraction of sp³-hybridized carbons (Fsp3) is 0.250. The van der Waals surface area contributed by atoms with Crippen LogP contribution >= 0.6 is 11.6 Å². The minimum atomic E-state index is 0.684. The van der Waals surface area contributed by atoms with Crippen LogP contribution in [0.2, 0.25) is 5.02 Å². The van der Waals surface area contributed by atoms with E-state index in [4.69, 9.17) is 17.3 Å². The lowest BCUT2D eigenvalue weighted by Crippen LogP contribution is -2.16. The normalized spacial score (nSPS) is 10.5. The van der Waals surface area contributed by atoms with Crippen molar-refractivity contribution < 1.29 is 0 Å². The minimum absolute atomic E-state index is 0.684. The number of anilines is 2. The molecule has 100 valence electrons. The first-order valence-corrected chi connectivity index (χ1v) is 6.66. The van der Waals surface area contributed by atoms with Crippen molar-refractivity contribution in [3.8, 4) is 0 Å². The van der Waals surface area contributed by atoms with Crippen molar-refractivity contribution in [3.63, 3.8) is 0 Å². The first-order valence-electron chi connectivity index (χ1n) is 6.28. The predicted octanol–water partition coefficient (Wildman–Crippen LogP) is 4.18. The van der Waals surface area contributed by atoms with Crippen molar-refractivity contribution in [1.82, 2.24) is 0 Å². The van der Waals surface area contributed by atoms with Gasteiger partial charge >= 0.3 is 0 Å². The maximum absolute atomic E-state index is 6.03. The second kappa shape index (κ2) is 5.54. The molecule has 0 atom stereocenters. The third-order valence-electron chi connectivity index (χ3n) is 3.05. The summed E-state index contributed by atoms with van der Waals surface area (Å²) in [6.45, 7) is 5.01. The molecule has 3 heteroatoms. The highest BCUT2D eigenvalue weighted by Crippen LogP contribution is 2.22. The number of nitrogen functional groups attached to an aromatic ring is 1. The molecule has 0 saturated heterocycles. The molecule has 19 heavy (non-hydrogen) atoms. The van der Waals surface area contributed by atoms with Gasteiger partial charge in [0.1, 0.15) is 0 Å². The Kier molecular flexibility index (Phi) is 4.01. The highest BCUT2D eigenvalue weighted by atomic mass is 35.5. The molecule has 0 saturated carbocycles. The predicted molar refractivity (Wildman–Crippen MR) is 83.9 cm³/mol. The van der Waals surface area contributed by atoms with Crippen molar-refractivity contribution in [2.24, 2.45) is 0 Å². The monoisotopic (exact) mass is 274 g/mol. The minimum Gasteiger partial charge on any atom is -0.399 e. The van der Waals surface area contributed by atoms with E-state index in [9.17, 15) is 0 Å². The van der Waals surface area contributed by atoms with Crippen LogP contribution in [0, 0.1) is 13.8 Å². The third kappa shape index (κ3) is 3.65. The Hall–Kier alpha value is -1.67. The molecule has 0 amide bonds. The summed E-state index contributed by atoms with van der Waals surface area (Å²) in [6.07, 6.45) is 0. The lowest BCUT2D eigenvalue weighted by atomic mass is 10.1. The summed E-state index contributed by atoms with van der Waals surface area (Å²) >= 11 is 6.03. The summed E-state index contributed by atoms with van der Waals surface area (Å²) in [5.74, 6) is 0. The van der Waals surface area contributed by atoms with Crippen LogP contribution in [0.4, 0.5) is 11.4 Å². The average molecular weight is 275 g/mol. The van der Waals surface area contributed by atoms with Crippen LogP contribution in [0.1, 0.15) is 16.7 Å². The van der Waals surface area contributed by atoms with E-state index < -0.39 is 0 Å². The molecular formula is C16H19ClN2. The van der Waals surface area contributed by atoms with Gasteiger partial charge in [0, 0.05) is 30.0 Å². The Balaban J connectivity index is 2.22. The molecule has 2 N–H and O–H groups in total. The van der Waals surface area contributed by atoms with E-state index in [-0.39, 0.29) is 0 Å². The van der Waals surface area contributed by atoms with Crippen molar-refractivity contribution in [2.45, 2.75) is 20.4 Å². The molecule has 0 heterocycles. The zero-order chi connectivity index (χ0) is 14.0. The van der Waals surface area contributed by atoms with Crippen molar-refractivity contribution in [1.29, 1.82) is 0 Å². The number of hydrogen-bond donors (Lipinski definition) is 1. The summed E-state index contributed by atoms with van der Waals surface area (Å²) in [7, 11) is 2.07. The Labute approximate surface area is 119 Å². The quantitative estimate of drug-likeness (QED) is 0.851. The van der Waals surface area contributed by atoms with E-state index in [1.54, 1.807) is 6.07 Å². The zero-order valence-electron chi connectivity index (χ0n) is 11.6. The Morgan fingerprint density at radius 2 is 1.63 bits per heavy atom. The van der Waals surface area contributed by atoms with E-state index >= 15 is 0 Å². The summed E-state index contributed by atoms with van der Waals surface area (Å²) in [5, 5.41) is 0.684. The molecule has 0 aliphatic carbocycles. The van der Waals surface area contributed by atoms with E-state index in [0.717, 1.165) is 12.1 Å². The number of aryl methyl sites for hydroxylation is 2. The molecular weight excluding hydrogens is 256 g/mol. The smallest absolute Gasteiger partial charge is 0.0429 e. The number of benzene rings is 2. The van der Waals surface area contributed by atoms with E-state index in [1.165, 1.54) is 16.8 Å². The van der Waals surface area contributed by atoms with Crippen LogP contribution in [0.25, 0.3) is 0 Å². The van der Waals surface area contributed by atoms with Crippen LogP contribution in [0.5, 0.6) is 0 Å². The van der Waals surface area contributed by atoms with Gasteiger partial charge in [0.25, 0.3) is 0 Å². The van der Waals surface area contributed by atoms with Gasteiger partial charge < -0.3 is 10.6 Å². The average Bonchev–Trinajstić information content (AvgIpc) is 2.25. The van der Waals surface area contributed by atoms with Crippen LogP contribution in [-0.2, 0) is 6.54 Å². The van der Waals surface area contributed by atoms with Crippen LogP contribution < -0.4 is 10.6 Å². The molecule has 0 radical (unpaired) electrons. The topological polar surface area (TPSA) is 29.3 Å². The summed E-state index contributed by atoms with van der Waals surface area (Å²) in [4.78, 5) is 2.20. The van der Waals surface area contributed by atoms with Gasteiger partial charge in [-0.05, 0) is 60.9 Å². The standard InChI is InChI=1S/C16H19ClN2/c1-11-4-12(2)6-16(5-11)19(3)10-13-7-14(17)9-15(18)8-13/h4-9H,10,18H2,1-3H3. The first-order chi connectivity index (χ1) is 8.94. The SMILES string of the molecule is Cc1cc(C)cc(N(C)Cc2cc(N)cc(Cl)c2)c1. The first kappa shape index (κ1) is 13.8. The molecule has 2 aromatic rings. The Bertz CT molecular complexity index is 553. The van der Waals surface area contributed by atoms with Crippen molar-refractivity contribution >= 4 is 23.0 Å². The van der Waals surface area contributed by atoms with E-state index in [0.29, 0.717) is 10.7 Å². The molecule has 0 unspecified atom stereocenters. The molecule has 0 aromatic heterocycles. The Morgan fingerprint density at radius 3 is 2.21 bits per heavy atom.